The Labute approximate surface area is 189 Å². The van der Waals surface area contributed by atoms with Crippen LogP contribution in [-0.2, 0) is 26.1 Å². The molecular weight excluding hydrogens is 430 g/mol. The van der Waals surface area contributed by atoms with E-state index in [1.165, 1.54) is 7.11 Å². The average molecular weight is 462 g/mol. The van der Waals surface area contributed by atoms with Crippen molar-refractivity contribution in [2.75, 3.05) is 38.3 Å². The summed E-state index contributed by atoms with van der Waals surface area (Å²) in [6.07, 6.45) is 1.49. The second-order valence-corrected chi connectivity index (χ2v) is 9.73. The van der Waals surface area contributed by atoms with Gasteiger partial charge in [-0.3, -0.25) is 4.79 Å². The number of carbonyl (C=O) groups is 1. The molecule has 9 nitrogen and oxygen atoms in total. The number of amides is 1. The van der Waals surface area contributed by atoms with Crippen LogP contribution in [0.2, 0.25) is 0 Å². The van der Waals surface area contributed by atoms with Crippen LogP contribution < -0.4 is 14.9 Å². The number of benzene rings is 1. The zero-order valence-corrected chi connectivity index (χ0v) is 19.6. The van der Waals surface area contributed by atoms with Crippen LogP contribution >= 0.6 is 0 Å². The molecule has 174 valence electrons. The number of rotatable bonds is 9. The number of ether oxygens (including phenoxy) is 1. The Kier molecular flexibility index (Phi) is 8.16. The molecule has 1 aromatic carbocycles. The first-order chi connectivity index (χ1) is 15.3. The van der Waals surface area contributed by atoms with E-state index in [-0.39, 0.29) is 23.3 Å². The summed E-state index contributed by atoms with van der Waals surface area (Å²) in [6, 6.07) is 8.46. The number of sulfonamides is 1. The second kappa shape index (κ2) is 10.8. The minimum absolute atomic E-state index is 0.0175. The van der Waals surface area contributed by atoms with E-state index in [2.05, 4.69) is 24.9 Å². The van der Waals surface area contributed by atoms with Crippen LogP contribution in [0.5, 0.6) is 0 Å². The van der Waals surface area contributed by atoms with E-state index in [9.17, 15) is 13.2 Å². The SMILES string of the molecule is COCCNS(=O)(=O)c1ccc(CNC(=O)C2CCN(c3nc(C)cc(C)n3)CC2)cc1. The van der Waals surface area contributed by atoms with Gasteiger partial charge in [-0.25, -0.2) is 23.1 Å². The van der Waals surface area contributed by atoms with Gasteiger partial charge in [0.05, 0.1) is 11.5 Å². The standard InChI is InChI=1S/C22H31N5O4S/c1-16-14-17(2)26-22(25-16)27-11-8-19(9-12-27)21(28)23-15-18-4-6-20(7-5-18)32(29,30)24-10-13-31-3/h4-7,14,19,24H,8-13,15H2,1-3H3,(H,23,28). The van der Waals surface area contributed by atoms with E-state index < -0.39 is 10.0 Å². The Balaban J connectivity index is 1.48. The largest absolute Gasteiger partial charge is 0.383 e. The van der Waals surface area contributed by atoms with Gasteiger partial charge in [0.15, 0.2) is 0 Å². The second-order valence-electron chi connectivity index (χ2n) is 7.96. The summed E-state index contributed by atoms with van der Waals surface area (Å²) in [4.78, 5) is 23.9. The molecule has 1 aliphatic rings. The maximum absolute atomic E-state index is 12.6. The molecule has 0 atom stereocenters. The highest BCUT2D eigenvalue weighted by atomic mass is 32.2. The number of carbonyl (C=O) groups excluding carboxylic acids is 1. The minimum Gasteiger partial charge on any atom is -0.383 e. The lowest BCUT2D eigenvalue weighted by Gasteiger charge is -2.31. The van der Waals surface area contributed by atoms with Crippen molar-refractivity contribution in [3.05, 3.63) is 47.3 Å². The predicted molar refractivity (Wildman–Crippen MR) is 122 cm³/mol. The van der Waals surface area contributed by atoms with Crippen molar-refractivity contribution in [2.24, 2.45) is 5.92 Å². The molecule has 1 aromatic heterocycles. The molecule has 1 saturated heterocycles. The zero-order chi connectivity index (χ0) is 23.1. The molecule has 0 radical (unpaired) electrons. The summed E-state index contributed by atoms with van der Waals surface area (Å²) >= 11 is 0. The van der Waals surface area contributed by atoms with E-state index in [1.807, 2.05) is 19.9 Å². The van der Waals surface area contributed by atoms with Crippen LogP contribution in [0.25, 0.3) is 0 Å². The fraction of sp³-hybridized carbons (Fsp3) is 0.500. The molecule has 0 spiro atoms. The zero-order valence-electron chi connectivity index (χ0n) is 18.8. The summed E-state index contributed by atoms with van der Waals surface area (Å²) in [7, 11) is -2.05. The average Bonchev–Trinajstić information content (AvgIpc) is 2.77. The molecule has 10 heteroatoms. The Bertz CT molecular complexity index is 999. The van der Waals surface area contributed by atoms with E-state index >= 15 is 0 Å². The van der Waals surface area contributed by atoms with Crippen molar-refractivity contribution < 1.29 is 17.9 Å². The van der Waals surface area contributed by atoms with Crippen molar-refractivity contribution in [3.63, 3.8) is 0 Å². The van der Waals surface area contributed by atoms with Crippen molar-refractivity contribution in [1.82, 2.24) is 20.0 Å². The van der Waals surface area contributed by atoms with Crippen LogP contribution in [-0.4, -0.2) is 57.6 Å². The highest BCUT2D eigenvalue weighted by Gasteiger charge is 2.26. The molecule has 2 aromatic rings. The summed E-state index contributed by atoms with van der Waals surface area (Å²) in [6.45, 7) is 6.27. The van der Waals surface area contributed by atoms with Crippen LogP contribution in [0.15, 0.2) is 35.2 Å². The maximum atomic E-state index is 12.6. The molecule has 2 heterocycles. The van der Waals surface area contributed by atoms with Crippen molar-refractivity contribution in [3.8, 4) is 0 Å². The molecule has 3 rings (SSSR count). The van der Waals surface area contributed by atoms with Crippen LogP contribution in [0.3, 0.4) is 0 Å². The van der Waals surface area contributed by atoms with Gasteiger partial charge in [-0.05, 0) is 50.5 Å². The number of hydrogen-bond donors (Lipinski definition) is 2. The number of methoxy groups -OCH3 is 1. The van der Waals surface area contributed by atoms with Gasteiger partial charge in [0, 0.05) is 50.6 Å². The first-order valence-corrected chi connectivity index (χ1v) is 12.2. The minimum atomic E-state index is -3.56. The topological polar surface area (TPSA) is 114 Å². The molecule has 2 N–H and O–H groups in total. The molecule has 0 aliphatic carbocycles. The van der Waals surface area contributed by atoms with Crippen molar-refractivity contribution >= 4 is 21.9 Å². The Morgan fingerprint density at radius 1 is 1.12 bits per heavy atom. The number of hydrogen-bond acceptors (Lipinski definition) is 7. The maximum Gasteiger partial charge on any atom is 0.240 e. The predicted octanol–water partition coefficient (Wildman–Crippen LogP) is 1.55. The number of anilines is 1. The Morgan fingerprint density at radius 3 is 2.34 bits per heavy atom. The molecule has 0 saturated carbocycles. The summed E-state index contributed by atoms with van der Waals surface area (Å²) in [5.41, 5.74) is 2.73. The van der Waals surface area contributed by atoms with Crippen molar-refractivity contribution in [2.45, 2.75) is 38.1 Å². The summed E-state index contributed by atoms with van der Waals surface area (Å²) < 4.78 is 31.7. The molecule has 0 unspecified atom stereocenters. The number of aromatic nitrogens is 2. The lowest BCUT2D eigenvalue weighted by Crippen LogP contribution is -2.41. The summed E-state index contributed by atoms with van der Waals surface area (Å²) in [5.74, 6) is 0.693. The molecular formula is C22H31N5O4S. The smallest absolute Gasteiger partial charge is 0.240 e. The van der Waals surface area contributed by atoms with Gasteiger partial charge < -0.3 is 15.0 Å². The summed E-state index contributed by atoms with van der Waals surface area (Å²) in [5, 5.41) is 2.97. The van der Waals surface area contributed by atoms with E-state index in [4.69, 9.17) is 4.74 Å². The molecule has 1 aliphatic heterocycles. The van der Waals surface area contributed by atoms with Gasteiger partial charge in [0.2, 0.25) is 21.9 Å². The van der Waals surface area contributed by atoms with Crippen LogP contribution in [0.1, 0.15) is 29.8 Å². The van der Waals surface area contributed by atoms with Crippen LogP contribution in [0.4, 0.5) is 5.95 Å². The first kappa shape index (κ1) is 24.1. The van der Waals surface area contributed by atoms with Gasteiger partial charge in [-0.15, -0.1) is 0 Å². The Hall–Kier alpha value is -2.56. The molecule has 1 amide bonds. The van der Waals surface area contributed by atoms with E-state index in [0.29, 0.717) is 13.2 Å². The van der Waals surface area contributed by atoms with E-state index in [1.54, 1.807) is 24.3 Å². The van der Waals surface area contributed by atoms with Gasteiger partial charge in [-0.1, -0.05) is 12.1 Å². The third-order valence-corrected chi connectivity index (χ3v) is 6.89. The number of nitrogens with one attached hydrogen (secondary N) is 2. The normalized spacial score (nSPS) is 15.0. The van der Waals surface area contributed by atoms with Crippen LogP contribution in [0, 0.1) is 19.8 Å². The highest BCUT2D eigenvalue weighted by Crippen LogP contribution is 2.21. The van der Waals surface area contributed by atoms with Gasteiger partial charge in [0.25, 0.3) is 0 Å². The monoisotopic (exact) mass is 461 g/mol. The number of piperidine rings is 1. The van der Waals surface area contributed by atoms with E-state index in [0.717, 1.165) is 48.8 Å². The number of nitrogens with zero attached hydrogens (tertiary/aromatic N) is 3. The van der Waals surface area contributed by atoms with Gasteiger partial charge in [0.1, 0.15) is 0 Å². The molecule has 1 fully saturated rings. The quantitative estimate of drug-likeness (QED) is 0.545. The van der Waals surface area contributed by atoms with Gasteiger partial charge >= 0.3 is 0 Å². The fourth-order valence-corrected chi connectivity index (χ4v) is 4.68. The fourth-order valence-electron chi connectivity index (χ4n) is 3.67. The van der Waals surface area contributed by atoms with Gasteiger partial charge in [-0.2, -0.15) is 0 Å². The highest BCUT2D eigenvalue weighted by molar-refractivity contribution is 7.89. The first-order valence-electron chi connectivity index (χ1n) is 10.7. The van der Waals surface area contributed by atoms with Crippen molar-refractivity contribution in [1.29, 1.82) is 0 Å². The third kappa shape index (κ3) is 6.47. The lowest BCUT2D eigenvalue weighted by molar-refractivity contribution is -0.125. The lowest BCUT2D eigenvalue weighted by atomic mass is 9.96. The Morgan fingerprint density at radius 2 is 1.75 bits per heavy atom. The molecule has 0 bridgehead atoms. The number of aryl methyl sites for hydroxylation is 2. The third-order valence-electron chi connectivity index (χ3n) is 5.42. The molecule has 32 heavy (non-hydrogen) atoms.